The molecule has 3 heterocycles. The minimum atomic E-state index is 1.23. The Balaban J connectivity index is 2.64. The molecule has 0 aliphatic carbocycles. The number of aromatic nitrogens is 2. The molecule has 3 rings (SSSR count). The SMILES string of the molecule is Cc1[nH]cc2c1cc1ccccn12. The summed E-state index contributed by atoms with van der Waals surface area (Å²) in [5, 5.41) is 1.31. The molecule has 2 heteroatoms. The van der Waals surface area contributed by atoms with Crippen LogP contribution in [-0.4, -0.2) is 9.38 Å². The number of aryl methyl sites for hydroxylation is 1. The second-order valence-electron chi connectivity index (χ2n) is 3.35. The van der Waals surface area contributed by atoms with Crippen LogP contribution in [0, 0.1) is 6.92 Å². The van der Waals surface area contributed by atoms with Crippen molar-refractivity contribution >= 4 is 16.4 Å². The number of aromatic amines is 1. The summed E-state index contributed by atoms with van der Waals surface area (Å²) in [7, 11) is 0. The van der Waals surface area contributed by atoms with Crippen LogP contribution in [0.4, 0.5) is 0 Å². The van der Waals surface area contributed by atoms with Crippen molar-refractivity contribution < 1.29 is 0 Å². The summed E-state index contributed by atoms with van der Waals surface area (Å²) in [5.74, 6) is 0. The highest BCUT2D eigenvalue weighted by Crippen LogP contribution is 2.22. The zero-order valence-electron chi connectivity index (χ0n) is 7.41. The van der Waals surface area contributed by atoms with Crippen LogP contribution in [0.25, 0.3) is 16.4 Å². The number of rotatable bonds is 0. The Morgan fingerprint density at radius 3 is 3.15 bits per heavy atom. The van der Waals surface area contributed by atoms with Crippen molar-refractivity contribution in [2.75, 3.05) is 0 Å². The van der Waals surface area contributed by atoms with Gasteiger partial charge in [-0.05, 0) is 25.1 Å². The maximum Gasteiger partial charge on any atom is 0.0706 e. The summed E-state index contributed by atoms with van der Waals surface area (Å²) in [4.78, 5) is 3.23. The van der Waals surface area contributed by atoms with E-state index in [-0.39, 0.29) is 0 Å². The van der Waals surface area contributed by atoms with Gasteiger partial charge in [0.25, 0.3) is 0 Å². The summed E-state index contributed by atoms with van der Waals surface area (Å²) >= 11 is 0. The van der Waals surface area contributed by atoms with E-state index in [1.165, 1.54) is 22.1 Å². The molecule has 0 radical (unpaired) electrons. The quantitative estimate of drug-likeness (QED) is 0.535. The minimum Gasteiger partial charge on any atom is -0.363 e. The lowest BCUT2D eigenvalue weighted by molar-refractivity contribution is 1.23. The zero-order valence-corrected chi connectivity index (χ0v) is 7.41. The average Bonchev–Trinajstić information content (AvgIpc) is 2.67. The van der Waals surface area contributed by atoms with Gasteiger partial charge < -0.3 is 9.38 Å². The van der Waals surface area contributed by atoms with Crippen LogP contribution < -0.4 is 0 Å². The van der Waals surface area contributed by atoms with Crippen LogP contribution in [0.1, 0.15) is 5.69 Å². The van der Waals surface area contributed by atoms with Gasteiger partial charge in [0.2, 0.25) is 0 Å². The van der Waals surface area contributed by atoms with Crippen LogP contribution in [0.5, 0.6) is 0 Å². The fourth-order valence-electron chi connectivity index (χ4n) is 1.85. The van der Waals surface area contributed by atoms with Gasteiger partial charge in [0, 0.05) is 29.0 Å². The molecule has 0 aliphatic rings. The van der Waals surface area contributed by atoms with Gasteiger partial charge in [-0.2, -0.15) is 0 Å². The lowest BCUT2D eigenvalue weighted by Gasteiger charge is -1.91. The van der Waals surface area contributed by atoms with Crippen molar-refractivity contribution in [3.05, 3.63) is 42.4 Å². The largest absolute Gasteiger partial charge is 0.363 e. The Morgan fingerprint density at radius 1 is 1.31 bits per heavy atom. The predicted octanol–water partition coefficient (Wildman–Crippen LogP) is 2.73. The lowest BCUT2D eigenvalue weighted by Crippen LogP contribution is -1.78. The summed E-state index contributed by atoms with van der Waals surface area (Å²) in [5.41, 5.74) is 3.75. The smallest absolute Gasteiger partial charge is 0.0706 e. The number of fused-ring (bicyclic) bond motifs is 3. The van der Waals surface area contributed by atoms with Crippen molar-refractivity contribution in [2.24, 2.45) is 0 Å². The third-order valence-electron chi connectivity index (χ3n) is 2.55. The number of nitrogens with one attached hydrogen (secondary N) is 1. The monoisotopic (exact) mass is 170 g/mol. The number of hydrogen-bond donors (Lipinski definition) is 1. The van der Waals surface area contributed by atoms with Crippen molar-refractivity contribution in [1.82, 2.24) is 9.38 Å². The molecular formula is C11H10N2. The molecule has 0 unspecified atom stereocenters. The van der Waals surface area contributed by atoms with Crippen molar-refractivity contribution in [2.45, 2.75) is 6.92 Å². The molecule has 0 spiro atoms. The zero-order chi connectivity index (χ0) is 8.84. The van der Waals surface area contributed by atoms with Crippen LogP contribution in [-0.2, 0) is 0 Å². The highest BCUT2D eigenvalue weighted by Gasteiger charge is 2.04. The van der Waals surface area contributed by atoms with Crippen LogP contribution >= 0.6 is 0 Å². The maximum absolute atomic E-state index is 3.23. The van der Waals surface area contributed by atoms with Gasteiger partial charge >= 0.3 is 0 Å². The molecule has 0 saturated heterocycles. The summed E-state index contributed by atoms with van der Waals surface area (Å²) in [6.45, 7) is 2.10. The molecule has 0 aliphatic heterocycles. The number of pyridine rings is 1. The van der Waals surface area contributed by atoms with E-state index in [1.54, 1.807) is 0 Å². The minimum absolute atomic E-state index is 1.23. The summed E-state index contributed by atoms with van der Waals surface area (Å²) < 4.78 is 2.19. The molecule has 1 N–H and O–H groups in total. The maximum atomic E-state index is 3.23. The number of H-pyrrole nitrogens is 1. The van der Waals surface area contributed by atoms with Gasteiger partial charge in [0.1, 0.15) is 0 Å². The summed E-state index contributed by atoms with van der Waals surface area (Å²) in [6.07, 6.45) is 4.14. The highest BCUT2D eigenvalue weighted by atomic mass is 14.9. The Morgan fingerprint density at radius 2 is 2.23 bits per heavy atom. The third-order valence-corrected chi connectivity index (χ3v) is 2.55. The molecule has 0 amide bonds. The average molecular weight is 170 g/mol. The van der Waals surface area contributed by atoms with Gasteiger partial charge in [0.05, 0.1) is 5.52 Å². The molecule has 0 saturated carbocycles. The van der Waals surface area contributed by atoms with E-state index in [0.29, 0.717) is 0 Å². The van der Waals surface area contributed by atoms with E-state index >= 15 is 0 Å². The highest BCUT2D eigenvalue weighted by molar-refractivity contribution is 5.89. The molecule has 0 atom stereocenters. The second-order valence-corrected chi connectivity index (χ2v) is 3.35. The Kier molecular flexibility index (Phi) is 1.13. The van der Waals surface area contributed by atoms with Gasteiger partial charge in [-0.1, -0.05) is 6.07 Å². The van der Waals surface area contributed by atoms with Crippen LogP contribution in [0.3, 0.4) is 0 Å². The first-order valence-electron chi connectivity index (χ1n) is 4.40. The standard InChI is InChI=1S/C11H10N2/c1-8-10-6-9-4-2-3-5-13(9)11(10)7-12-8/h2-7,12H,1H3. The molecular weight excluding hydrogens is 160 g/mol. The van der Waals surface area contributed by atoms with E-state index in [1.807, 2.05) is 0 Å². The summed E-state index contributed by atoms with van der Waals surface area (Å²) in [6, 6.07) is 8.45. The van der Waals surface area contributed by atoms with Crippen molar-refractivity contribution in [3.8, 4) is 0 Å². The normalized spacial score (nSPS) is 11.5. The van der Waals surface area contributed by atoms with E-state index in [4.69, 9.17) is 0 Å². The van der Waals surface area contributed by atoms with E-state index in [9.17, 15) is 0 Å². The molecule has 2 nitrogen and oxygen atoms in total. The predicted molar refractivity (Wildman–Crippen MR) is 54.0 cm³/mol. The fourth-order valence-corrected chi connectivity index (χ4v) is 1.85. The molecule has 0 bridgehead atoms. The van der Waals surface area contributed by atoms with Crippen molar-refractivity contribution in [3.63, 3.8) is 0 Å². The first-order valence-corrected chi connectivity index (χ1v) is 4.40. The van der Waals surface area contributed by atoms with Crippen LogP contribution in [0.15, 0.2) is 36.7 Å². The first-order chi connectivity index (χ1) is 6.36. The van der Waals surface area contributed by atoms with E-state index in [2.05, 4.69) is 53.0 Å². The third kappa shape index (κ3) is 0.773. The Hall–Kier alpha value is -1.70. The number of nitrogens with zero attached hydrogens (tertiary/aromatic N) is 1. The molecule has 0 fully saturated rings. The van der Waals surface area contributed by atoms with Crippen LogP contribution in [0.2, 0.25) is 0 Å². The molecule has 3 aromatic heterocycles. The molecule has 0 aromatic carbocycles. The number of hydrogen-bond acceptors (Lipinski definition) is 0. The first kappa shape index (κ1) is 6.78. The van der Waals surface area contributed by atoms with Gasteiger partial charge in [0.15, 0.2) is 0 Å². The van der Waals surface area contributed by atoms with Gasteiger partial charge in [-0.25, -0.2) is 0 Å². The molecule has 64 valence electrons. The van der Waals surface area contributed by atoms with Gasteiger partial charge in [-0.3, -0.25) is 0 Å². The fraction of sp³-hybridized carbons (Fsp3) is 0.0909. The van der Waals surface area contributed by atoms with E-state index < -0.39 is 0 Å². The molecule has 13 heavy (non-hydrogen) atoms. The van der Waals surface area contributed by atoms with Crippen molar-refractivity contribution in [1.29, 1.82) is 0 Å². The lowest BCUT2D eigenvalue weighted by atomic mass is 10.3. The van der Waals surface area contributed by atoms with E-state index in [0.717, 1.165) is 0 Å². The Bertz CT molecular complexity index is 572. The molecule has 3 aromatic rings. The van der Waals surface area contributed by atoms with Gasteiger partial charge in [-0.15, -0.1) is 0 Å². The topological polar surface area (TPSA) is 20.2 Å². The Labute approximate surface area is 75.8 Å². The second kappa shape index (κ2) is 2.16.